The number of nitrogens with one attached hydrogen (secondary N) is 3. The smallest absolute Gasteiger partial charge is 0.323 e. The molecule has 0 saturated heterocycles. The monoisotopic (exact) mass is 610 g/mol. The number of alkyl halides is 6. The lowest BCUT2D eigenvalue weighted by Crippen LogP contribution is -2.41. The van der Waals surface area contributed by atoms with E-state index in [0.29, 0.717) is 11.5 Å². The molecule has 2 amide bonds. The summed E-state index contributed by atoms with van der Waals surface area (Å²) in [5, 5.41) is 7.61. The van der Waals surface area contributed by atoms with Crippen LogP contribution in [0.5, 0.6) is 0 Å². The van der Waals surface area contributed by atoms with Gasteiger partial charge in [0.2, 0.25) is 5.95 Å². The average Bonchev–Trinajstić information content (AvgIpc) is 3.43. The van der Waals surface area contributed by atoms with Gasteiger partial charge >= 0.3 is 12.4 Å². The average molecular weight is 611 g/mol. The zero-order chi connectivity index (χ0) is 31.5. The number of para-hydroxylation sites is 1. The molecular weight excluding hydrogens is 590 g/mol. The topological polar surface area (TPSA) is 101 Å². The summed E-state index contributed by atoms with van der Waals surface area (Å²) in [6.07, 6.45) is -10.3. The summed E-state index contributed by atoms with van der Waals surface area (Å²) in [4.78, 5) is 29.5. The number of carbonyl (C=O) groups excluding carboxylic acids is 2. The Morgan fingerprint density at radius 1 is 0.636 bits per heavy atom. The molecule has 4 aromatic carbocycles. The number of benzene rings is 4. The summed E-state index contributed by atoms with van der Waals surface area (Å²) in [5.41, 5.74) is 1.69. The van der Waals surface area contributed by atoms with Crippen LogP contribution in [0.1, 0.15) is 31.8 Å². The summed E-state index contributed by atoms with van der Waals surface area (Å²) in [6.45, 7) is 0. The third-order valence-electron chi connectivity index (χ3n) is 6.18. The lowest BCUT2D eigenvalue weighted by molar-refractivity contribution is -0.143. The molecule has 0 fully saturated rings. The first-order valence-electron chi connectivity index (χ1n) is 12.7. The molecule has 0 aliphatic rings. The maximum atomic E-state index is 13.1. The molecule has 3 N–H and O–H groups in total. The van der Waals surface area contributed by atoms with E-state index in [1.165, 1.54) is 24.3 Å². The van der Waals surface area contributed by atoms with Crippen molar-refractivity contribution in [3.8, 4) is 17.1 Å². The van der Waals surface area contributed by atoms with E-state index >= 15 is 0 Å². The largest absolute Gasteiger partial charge is 0.416 e. The van der Waals surface area contributed by atoms with Crippen molar-refractivity contribution < 1.29 is 35.9 Å². The highest BCUT2D eigenvalue weighted by atomic mass is 19.4. The van der Waals surface area contributed by atoms with Crippen molar-refractivity contribution in [2.75, 3.05) is 5.32 Å². The number of hydrogen-bond donors (Lipinski definition) is 3. The number of amides is 2. The Balaban J connectivity index is 1.28. The van der Waals surface area contributed by atoms with Crippen LogP contribution in [0.15, 0.2) is 103 Å². The second-order valence-electron chi connectivity index (χ2n) is 9.28. The van der Waals surface area contributed by atoms with Crippen molar-refractivity contribution in [2.45, 2.75) is 12.4 Å². The Bertz CT molecular complexity index is 1700. The van der Waals surface area contributed by atoms with Gasteiger partial charge in [-0.3, -0.25) is 20.4 Å². The van der Waals surface area contributed by atoms with Gasteiger partial charge < -0.3 is 5.32 Å². The number of nitrogens with zero attached hydrogens (tertiary/aromatic N) is 3. The van der Waals surface area contributed by atoms with Crippen LogP contribution < -0.4 is 16.2 Å². The quantitative estimate of drug-likeness (QED) is 0.145. The number of carbonyl (C=O) groups is 2. The van der Waals surface area contributed by atoms with Crippen molar-refractivity contribution in [1.82, 2.24) is 25.6 Å². The van der Waals surface area contributed by atoms with Crippen molar-refractivity contribution in [3.63, 3.8) is 0 Å². The third-order valence-corrected chi connectivity index (χ3v) is 6.18. The molecule has 44 heavy (non-hydrogen) atoms. The second-order valence-corrected chi connectivity index (χ2v) is 9.28. The molecule has 8 nitrogen and oxygen atoms in total. The summed E-state index contributed by atoms with van der Waals surface area (Å²) >= 11 is 0. The van der Waals surface area contributed by atoms with Crippen LogP contribution >= 0.6 is 0 Å². The predicted octanol–water partition coefficient (Wildman–Crippen LogP) is 6.79. The van der Waals surface area contributed by atoms with Crippen molar-refractivity contribution in [2.24, 2.45) is 0 Å². The SMILES string of the molecule is O=C(NNC(=O)c1cc(C(F)(F)F)cc(C(F)(F)F)c1)c1ccc(Nc2nc(-c3ccccc3)n(-c3ccccc3)n2)cc1. The first-order chi connectivity index (χ1) is 20.9. The molecule has 5 aromatic rings. The van der Waals surface area contributed by atoms with Gasteiger partial charge in [0.15, 0.2) is 5.82 Å². The van der Waals surface area contributed by atoms with E-state index < -0.39 is 40.9 Å². The number of aromatic nitrogens is 3. The molecule has 0 bridgehead atoms. The van der Waals surface area contributed by atoms with E-state index in [1.807, 2.05) is 71.5 Å². The van der Waals surface area contributed by atoms with Gasteiger partial charge in [0.05, 0.1) is 16.8 Å². The van der Waals surface area contributed by atoms with E-state index in [9.17, 15) is 35.9 Å². The molecule has 1 aromatic heterocycles. The summed E-state index contributed by atoms with van der Waals surface area (Å²) in [6, 6.07) is 25.0. The van der Waals surface area contributed by atoms with Gasteiger partial charge in [-0.25, -0.2) is 4.68 Å². The van der Waals surface area contributed by atoms with Crippen molar-refractivity contribution in [3.05, 3.63) is 125 Å². The highest BCUT2D eigenvalue weighted by molar-refractivity contribution is 5.99. The van der Waals surface area contributed by atoms with Crippen LogP contribution in [0.25, 0.3) is 17.1 Å². The Labute approximate surface area is 245 Å². The molecule has 224 valence electrons. The molecule has 0 aliphatic heterocycles. The van der Waals surface area contributed by atoms with E-state index in [-0.39, 0.29) is 29.7 Å². The third kappa shape index (κ3) is 6.86. The van der Waals surface area contributed by atoms with Crippen LogP contribution in [0.4, 0.5) is 38.0 Å². The Hall–Kier alpha value is -5.66. The van der Waals surface area contributed by atoms with E-state index in [4.69, 9.17) is 0 Å². The zero-order valence-corrected chi connectivity index (χ0v) is 22.2. The predicted molar refractivity (Wildman–Crippen MR) is 148 cm³/mol. The summed E-state index contributed by atoms with van der Waals surface area (Å²) in [7, 11) is 0. The molecule has 0 saturated carbocycles. The van der Waals surface area contributed by atoms with Gasteiger partial charge in [0, 0.05) is 22.4 Å². The van der Waals surface area contributed by atoms with Gasteiger partial charge in [0.25, 0.3) is 11.8 Å². The van der Waals surface area contributed by atoms with Crippen LogP contribution in [0.3, 0.4) is 0 Å². The highest BCUT2D eigenvalue weighted by Gasteiger charge is 2.37. The first kappa shape index (κ1) is 29.8. The van der Waals surface area contributed by atoms with Gasteiger partial charge in [-0.15, -0.1) is 5.10 Å². The zero-order valence-electron chi connectivity index (χ0n) is 22.2. The lowest BCUT2D eigenvalue weighted by atomic mass is 10.0. The second kappa shape index (κ2) is 11.9. The van der Waals surface area contributed by atoms with Crippen LogP contribution in [-0.2, 0) is 12.4 Å². The van der Waals surface area contributed by atoms with E-state index in [1.54, 1.807) is 4.68 Å². The Morgan fingerprint density at radius 2 is 1.16 bits per heavy atom. The number of rotatable bonds is 6. The molecule has 0 radical (unpaired) electrons. The lowest BCUT2D eigenvalue weighted by Gasteiger charge is -2.14. The summed E-state index contributed by atoms with van der Waals surface area (Å²) < 4.78 is 80.3. The van der Waals surface area contributed by atoms with Gasteiger partial charge in [-0.1, -0.05) is 48.5 Å². The van der Waals surface area contributed by atoms with Gasteiger partial charge in [-0.05, 0) is 54.6 Å². The van der Waals surface area contributed by atoms with Crippen LogP contribution in [-0.4, -0.2) is 26.6 Å². The van der Waals surface area contributed by atoms with E-state index in [2.05, 4.69) is 15.4 Å². The molecule has 14 heteroatoms. The minimum atomic E-state index is -5.13. The number of anilines is 2. The molecule has 0 spiro atoms. The summed E-state index contributed by atoms with van der Waals surface area (Å²) in [5.74, 6) is -1.40. The van der Waals surface area contributed by atoms with Crippen molar-refractivity contribution in [1.29, 1.82) is 0 Å². The standard InChI is InChI=1S/C30H20F6N6O2/c31-29(32,33)21-15-20(16-22(17-21)30(34,35)36)27(44)40-39-26(43)19-11-13-23(14-12-19)37-28-38-25(18-7-3-1-4-8-18)42(41-28)24-9-5-2-6-10-24/h1-17H,(H,37,41)(H,39,43)(H,40,44). The fourth-order valence-corrected chi connectivity index (χ4v) is 4.07. The van der Waals surface area contributed by atoms with E-state index in [0.717, 1.165) is 11.3 Å². The van der Waals surface area contributed by atoms with Crippen molar-refractivity contribution >= 4 is 23.5 Å². The first-order valence-corrected chi connectivity index (χ1v) is 12.7. The normalized spacial score (nSPS) is 11.6. The van der Waals surface area contributed by atoms with Gasteiger partial charge in [0.1, 0.15) is 0 Å². The molecule has 1 heterocycles. The van der Waals surface area contributed by atoms with Gasteiger partial charge in [-0.2, -0.15) is 31.3 Å². The highest BCUT2D eigenvalue weighted by Crippen LogP contribution is 2.36. The van der Waals surface area contributed by atoms with Crippen LogP contribution in [0, 0.1) is 0 Å². The Morgan fingerprint density at radius 3 is 1.70 bits per heavy atom. The van der Waals surface area contributed by atoms with Crippen LogP contribution in [0.2, 0.25) is 0 Å². The molecule has 5 rings (SSSR count). The fraction of sp³-hybridized carbons (Fsp3) is 0.0667. The Kier molecular flexibility index (Phi) is 8.07. The molecule has 0 atom stereocenters. The molecule has 0 unspecified atom stereocenters. The number of hydrogen-bond acceptors (Lipinski definition) is 5. The minimum Gasteiger partial charge on any atom is -0.323 e. The number of halogens is 6. The fourth-order valence-electron chi connectivity index (χ4n) is 4.07. The maximum Gasteiger partial charge on any atom is 0.416 e. The molecule has 0 aliphatic carbocycles. The maximum absolute atomic E-state index is 13.1. The minimum absolute atomic E-state index is 0.0311. The number of hydrazine groups is 1. The molecular formula is C30H20F6N6O2.